The minimum atomic E-state index is -0.383. The zero-order valence-electron chi connectivity index (χ0n) is 12.3. The Balaban J connectivity index is 1.66. The summed E-state index contributed by atoms with van der Waals surface area (Å²) in [5.41, 5.74) is 0.950. The number of carbonyl (C=O) groups is 1. The number of amides is 1. The summed E-state index contributed by atoms with van der Waals surface area (Å²) in [5.74, 6) is 0.510. The van der Waals surface area contributed by atoms with Crippen molar-refractivity contribution in [3.8, 4) is 0 Å². The van der Waals surface area contributed by atoms with E-state index in [2.05, 4.69) is 4.98 Å². The Morgan fingerprint density at radius 2 is 2.23 bits per heavy atom. The van der Waals surface area contributed by atoms with Crippen molar-refractivity contribution in [1.82, 2.24) is 9.88 Å². The van der Waals surface area contributed by atoms with E-state index in [0.29, 0.717) is 18.9 Å². The van der Waals surface area contributed by atoms with Crippen LogP contribution in [0.25, 0.3) is 0 Å². The third-order valence-corrected chi connectivity index (χ3v) is 3.77. The van der Waals surface area contributed by atoms with E-state index >= 15 is 0 Å². The fraction of sp³-hybridized carbons (Fsp3) is 0.375. The van der Waals surface area contributed by atoms with Gasteiger partial charge >= 0.3 is 6.09 Å². The van der Waals surface area contributed by atoms with Gasteiger partial charge in [-0.25, -0.2) is 9.78 Å². The topological polar surface area (TPSA) is 64.8 Å². The van der Waals surface area contributed by atoms with Gasteiger partial charge in [0.25, 0.3) is 0 Å². The van der Waals surface area contributed by atoms with E-state index in [4.69, 9.17) is 13.9 Å². The highest BCUT2D eigenvalue weighted by Crippen LogP contribution is 2.33. The number of aromatic nitrogens is 1. The van der Waals surface area contributed by atoms with Crippen LogP contribution >= 0.6 is 0 Å². The van der Waals surface area contributed by atoms with E-state index < -0.39 is 0 Å². The number of likely N-dealkylation sites (tertiary alicyclic amines) is 1. The van der Waals surface area contributed by atoms with E-state index in [-0.39, 0.29) is 24.8 Å². The normalized spacial score (nSPS) is 21.0. The molecule has 6 nitrogen and oxygen atoms in total. The number of hydrogen-bond donors (Lipinski definition) is 0. The number of carbonyl (C=O) groups excluding carboxylic acids is 1. The summed E-state index contributed by atoms with van der Waals surface area (Å²) < 4.78 is 16.1. The Labute approximate surface area is 128 Å². The smallest absolute Gasteiger partial charge is 0.410 e. The molecule has 1 unspecified atom stereocenters. The van der Waals surface area contributed by atoms with Gasteiger partial charge in [-0.1, -0.05) is 30.3 Å². The van der Waals surface area contributed by atoms with E-state index in [0.717, 1.165) is 5.56 Å². The summed E-state index contributed by atoms with van der Waals surface area (Å²) in [5, 5.41) is 0. The lowest BCUT2D eigenvalue weighted by molar-refractivity contribution is 0.0780. The molecule has 0 radical (unpaired) electrons. The van der Waals surface area contributed by atoms with Gasteiger partial charge < -0.3 is 13.9 Å². The first kappa shape index (κ1) is 14.6. The lowest BCUT2D eigenvalue weighted by Gasteiger charge is -2.21. The Morgan fingerprint density at radius 3 is 2.91 bits per heavy atom. The highest BCUT2D eigenvalue weighted by atomic mass is 16.6. The largest absolute Gasteiger partial charge is 0.447 e. The van der Waals surface area contributed by atoms with Crippen LogP contribution in [0, 0.1) is 0 Å². The van der Waals surface area contributed by atoms with Crippen LogP contribution in [-0.2, 0) is 16.1 Å². The number of benzene rings is 1. The van der Waals surface area contributed by atoms with Crippen molar-refractivity contribution in [3.05, 3.63) is 54.2 Å². The molecular weight excluding hydrogens is 284 g/mol. The van der Waals surface area contributed by atoms with Gasteiger partial charge in [0.1, 0.15) is 18.9 Å². The van der Waals surface area contributed by atoms with Gasteiger partial charge in [0.15, 0.2) is 0 Å². The lowest BCUT2D eigenvalue weighted by atomic mass is 10.2. The molecule has 1 aliphatic heterocycles. The maximum atomic E-state index is 12.4. The molecule has 2 aromatic rings. The van der Waals surface area contributed by atoms with Crippen molar-refractivity contribution in [1.29, 1.82) is 0 Å². The zero-order valence-corrected chi connectivity index (χ0v) is 12.3. The molecule has 2 heterocycles. The Kier molecular flexibility index (Phi) is 4.39. The first-order valence-electron chi connectivity index (χ1n) is 7.17. The van der Waals surface area contributed by atoms with Crippen LogP contribution in [0.4, 0.5) is 4.79 Å². The van der Waals surface area contributed by atoms with Gasteiger partial charge in [0.05, 0.1) is 18.8 Å². The van der Waals surface area contributed by atoms with Crippen molar-refractivity contribution >= 4 is 6.09 Å². The molecule has 0 N–H and O–H groups in total. The number of methoxy groups -OCH3 is 1. The standard InChI is InChI=1S/C16H18N2O4/c1-20-13-9-14(15-17-7-8-21-15)18(10-13)16(19)22-11-12-5-3-2-4-6-12/h2-8,13-14H,9-11H2,1H3/t13?,14-/m0/s1. The van der Waals surface area contributed by atoms with Crippen molar-refractivity contribution in [2.24, 2.45) is 0 Å². The molecule has 0 spiro atoms. The second-order valence-corrected chi connectivity index (χ2v) is 5.17. The van der Waals surface area contributed by atoms with Gasteiger partial charge in [-0.3, -0.25) is 4.90 Å². The lowest BCUT2D eigenvalue weighted by Crippen LogP contribution is -2.32. The van der Waals surface area contributed by atoms with E-state index in [9.17, 15) is 4.79 Å². The van der Waals surface area contributed by atoms with E-state index in [1.54, 1.807) is 18.2 Å². The van der Waals surface area contributed by atoms with Crippen LogP contribution in [0.3, 0.4) is 0 Å². The monoisotopic (exact) mass is 302 g/mol. The van der Waals surface area contributed by atoms with Crippen molar-refractivity contribution in [3.63, 3.8) is 0 Å². The molecule has 1 saturated heterocycles. The molecule has 6 heteroatoms. The van der Waals surface area contributed by atoms with Crippen LogP contribution in [-0.4, -0.2) is 35.7 Å². The van der Waals surface area contributed by atoms with Gasteiger partial charge in [-0.05, 0) is 5.56 Å². The summed E-state index contributed by atoms with van der Waals surface area (Å²) >= 11 is 0. The third-order valence-electron chi connectivity index (χ3n) is 3.77. The molecule has 1 fully saturated rings. The Morgan fingerprint density at radius 1 is 1.41 bits per heavy atom. The third kappa shape index (κ3) is 3.12. The molecule has 116 valence electrons. The predicted octanol–water partition coefficient (Wildman–Crippen LogP) is 2.77. The van der Waals surface area contributed by atoms with Crippen LogP contribution in [0.1, 0.15) is 23.9 Å². The molecule has 0 saturated carbocycles. The Hall–Kier alpha value is -2.34. The fourth-order valence-electron chi connectivity index (χ4n) is 2.61. The van der Waals surface area contributed by atoms with Crippen LogP contribution < -0.4 is 0 Å². The molecule has 1 amide bonds. The number of ether oxygens (including phenoxy) is 2. The molecule has 3 rings (SSSR count). The van der Waals surface area contributed by atoms with Crippen molar-refractivity contribution in [2.75, 3.05) is 13.7 Å². The molecule has 1 aromatic heterocycles. The van der Waals surface area contributed by atoms with Gasteiger partial charge in [-0.15, -0.1) is 0 Å². The van der Waals surface area contributed by atoms with Crippen molar-refractivity contribution < 1.29 is 18.7 Å². The highest BCUT2D eigenvalue weighted by molar-refractivity contribution is 5.68. The van der Waals surface area contributed by atoms with Crippen LogP contribution in [0.2, 0.25) is 0 Å². The number of nitrogens with zero attached hydrogens (tertiary/aromatic N) is 2. The quantitative estimate of drug-likeness (QED) is 0.869. The van der Waals surface area contributed by atoms with Gasteiger partial charge in [-0.2, -0.15) is 0 Å². The molecule has 2 atom stereocenters. The van der Waals surface area contributed by atoms with E-state index in [1.807, 2.05) is 30.3 Å². The van der Waals surface area contributed by atoms with Crippen LogP contribution in [0.15, 0.2) is 47.2 Å². The summed E-state index contributed by atoms with van der Waals surface area (Å²) in [6, 6.07) is 9.34. The summed E-state index contributed by atoms with van der Waals surface area (Å²) in [7, 11) is 1.64. The minimum Gasteiger partial charge on any atom is -0.447 e. The number of rotatable bonds is 4. The molecule has 22 heavy (non-hydrogen) atoms. The van der Waals surface area contributed by atoms with Gasteiger partial charge in [0, 0.05) is 13.5 Å². The zero-order chi connectivity index (χ0) is 15.4. The van der Waals surface area contributed by atoms with E-state index in [1.165, 1.54) is 6.26 Å². The highest BCUT2D eigenvalue weighted by Gasteiger charge is 2.39. The average Bonchev–Trinajstić information content (AvgIpc) is 3.22. The molecule has 0 aliphatic carbocycles. The van der Waals surface area contributed by atoms with Gasteiger partial charge in [0.2, 0.25) is 5.89 Å². The first-order valence-corrected chi connectivity index (χ1v) is 7.17. The maximum absolute atomic E-state index is 12.4. The van der Waals surface area contributed by atoms with Crippen LogP contribution in [0.5, 0.6) is 0 Å². The fourth-order valence-corrected chi connectivity index (χ4v) is 2.61. The molecule has 0 bridgehead atoms. The predicted molar refractivity (Wildman–Crippen MR) is 78.0 cm³/mol. The first-order chi connectivity index (χ1) is 10.8. The number of hydrogen-bond acceptors (Lipinski definition) is 5. The SMILES string of the molecule is COC1C[C@@H](c2ncco2)N(C(=O)OCc2ccccc2)C1. The maximum Gasteiger partial charge on any atom is 0.410 e. The Bertz CT molecular complexity index is 600. The summed E-state index contributed by atoms with van der Waals surface area (Å²) in [6.07, 6.45) is 3.30. The average molecular weight is 302 g/mol. The van der Waals surface area contributed by atoms with Crippen molar-refractivity contribution in [2.45, 2.75) is 25.2 Å². The molecular formula is C16H18N2O4. The molecule has 1 aliphatic rings. The summed E-state index contributed by atoms with van der Waals surface area (Å²) in [4.78, 5) is 18.1. The number of oxazole rings is 1. The minimum absolute atomic E-state index is 0.0406. The molecule has 1 aromatic carbocycles. The second-order valence-electron chi connectivity index (χ2n) is 5.17. The second kappa shape index (κ2) is 6.62. The summed E-state index contributed by atoms with van der Waals surface area (Å²) in [6.45, 7) is 0.712.